The summed E-state index contributed by atoms with van der Waals surface area (Å²) in [7, 11) is -4.63. The molecular formula is C46H80NO9P. The van der Waals surface area contributed by atoms with Crippen LogP contribution in [0.2, 0.25) is 0 Å². The summed E-state index contributed by atoms with van der Waals surface area (Å²) in [4.78, 5) is 33.6. The molecule has 0 aromatic carbocycles. The zero-order valence-electron chi connectivity index (χ0n) is 35.7. The highest BCUT2D eigenvalue weighted by Crippen LogP contribution is 2.43. The molecule has 0 aromatic heterocycles. The van der Waals surface area contributed by atoms with Crippen molar-refractivity contribution in [2.45, 2.75) is 180 Å². The van der Waals surface area contributed by atoms with Crippen molar-refractivity contribution in [3.05, 3.63) is 72.9 Å². The Hall–Kier alpha value is -2.59. The van der Waals surface area contributed by atoms with Crippen LogP contribution in [0.3, 0.4) is 0 Å². The number of rotatable bonds is 41. The lowest BCUT2D eigenvalue weighted by Crippen LogP contribution is -2.34. The fourth-order valence-corrected chi connectivity index (χ4v) is 6.34. The fraction of sp³-hybridized carbons (Fsp3) is 0.696. The number of allylic oxidation sites excluding steroid dienone is 12. The van der Waals surface area contributed by atoms with Gasteiger partial charge in [-0.3, -0.25) is 18.6 Å². The summed E-state index contributed by atoms with van der Waals surface area (Å²) in [5, 5.41) is 8.90. The first-order valence-corrected chi connectivity index (χ1v) is 23.5. The maximum Gasteiger partial charge on any atom is 0.472 e. The predicted octanol–water partition coefficient (Wildman–Crippen LogP) is 12.2. The minimum Gasteiger partial charge on any atom is -0.480 e. The summed E-state index contributed by atoms with van der Waals surface area (Å²) in [6.07, 6.45) is 50.9. The smallest absolute Gasteiger partial charge is 0.472 e. The van der Waals surface area contributed by atoms with Gasteiger partial charge in [-0.05, 0) is 83.5 Å². The number of nitrogens with two attached hydrogens (primary N) is 1. The van der Waals surface area contributed by atoms with Crippen LogP contribution < -0.4 is 5.73 Å². The predicted molar refractivity (Wildman–Crippen MR) is 235 cm³/mol. The number of carboxylic acid groups (broad SMARTS) is 1. The number of carbonyl (C=O) groups excluding carboxylic acids is 1. The Morgan fingerprint density at radius 2 is 1.02 bits per heavy atom. The van der Waals surface area contributed by atoms with E-state index in [-0.39, 0.29) is 13.0 Å². The molecule has 4 N–H and O–H groups in total. The van der Waals surface area contributed by atoms with Crippen LogP contribution in [0.25, 0.3) is 0 Å². The van der Waals surface area contributed by atoms with E-state index in [1.807, 2.05) is 0 Å². The third-order valence-corrected chi connectivity index (χ3v) is 9.92. The fourth-order valence-electron chi connectivity index (χ4n) is 5.56. The van der Waals surface area contributed by atoms with Crippen LogP contribution in [-0.4, -0.2) is 60.5 Å². The van der Waals surface area contributed by atoms with E-state index in [4.69, 9.17) is 29.4 Å². The quantitative estimate of drug-likeness (QED) is 0.0235. The van der Waals surface area contributed by atoms with Gasteiger partial charge >= 0.3 is 19.8 Å². The Morgan fingerprint density at radius 1 is 0.579 bits per heavy atom. The van der Waals surface area contributed by atoms with Gasteiger partial charge in [-0.2, -0.15) is 0 Å². The molecule has 3 unspecified atom stereocenters. The number of phosphoric acid groups is 1. The van der Waals surface area contributed by atoms with E-state index in [0.29, 0.717) is 13.0 Å². The topological polar surface area (TPSA) is 155 Å². The molecule has 0 radical (unpaired) electrons. The van der Waals surface area contributed by atoms with E-state index < -0.39 is 45.1 Å². The van der Waals surface area contributed by atoms with Crippen molar-refractivity contribution >= 4 is 19.8 Å². The lowest BCUT2D eigenvalue weighted by Gasteiger charge is -2.20. The van der Waals surface area contributed by atoms with Gasteiger partial charge in [0, 0.05) is 13.0 Å². The molecule has 0 aromatic rings. The van der Waals surface area contributed by atoms with Crippen molar-refractivity contribution in [2.75, 3.05) is 26.4 Å². The molecule has 0 heterocycles. The average Bonchev–Trinajstić information content (AvgIpc) is 3.19. The van der Waals surface area contributed by atoms with Gasteiger partial charge in [0.15, 0.2) is 0 Å². The molecule has 0 aliphatic heterocycles. The second kappa shape index (κ2) is 41.6. The summed E-state index contributed by atoms with van der Waals surface area (Å²) < 4.78 is 33.3. The molecule has 0 rings (SSSR count). The molecule has 0 amide bonds. The van der Waals surface area contributed by atoms with E-state index >= 15 is 0 Å². The van der Waals surface area contributed by atoms with E-state index in [1.54, 1.807) is 0 Å². The van der Waals surface area contributed by atoms with Crippen molar-refractivity contribution in [1.29, 1.82) is 0 Å². The molecule has 0 saturated carbocycles. The molecule has 0 aliphatic rings. The lowest BCUT2D eigenvalue weighted by molar-refractivity contribution is -0.154. The van der Waals surface area contributed by atoms with Crippen molar-refractivity contribution in [1.82, 2.24) is 0 Å². The Balaban J connectivity index is 4.30. The molecule has 57 heavy (non-hydrogen) atoms. The number of carboxylic acids is 1. The van der Waals surface area contributed by atoms with E-state index in [2.05, 4.69) is 86.8 Å². The van der Waals surface area contributed by atoms with Crippen LogP contribution in [0, 0.1) is 0 Å². The van der Waals surface area contributed by atoms with Gasteiger partial charge in [-0.1, -0.05) is 151 Å². The molecule has 0 fully saturated rings. The monoisotopic (exact) mass is 822 g/mol. The van der Waals surface area contributed by atoms with Crippen LogP contribution in [-0.2, 0) is 32.7 Å². The standard InChI is InChI=1S/C46H80NO9P/c1-3-5-7-9-11-13-15-17-19-21-22-23-24-26-28-30-32-34-36-38-45(48)56-43(41-54-57(51,52)55-42-44(47)46(49)50)40-53-39-37-35-33-31-29-27-25-20-18-16-14-12-10-8-6-4-2/h5,7,11-14,17-20,22-23,43-44H,3-4,6,8-10,15-16,21,24-42,47H2,1-2H3,(H,49,50)(H,51,52)/b7-5-,13-11-,14-12-,19-17-,20-18-,23-22-. The van der Waals surface area contributed by atoms with Gasteiger partial charge in [0.05, 0.1) is 19.8 Å². The van der Waals surface area contributed by atoms with Crippen LogP contribution in [0.15, 0.2) is 72.9 Å². The van der Waals surface area contributed by atoms with Gasteiger partial charge in [0.2, 0.25) is 0 Å². The van der Waals surface area contributed by atoms with Gasteiger partial charge in [-0.15, -0.1) is 0 Å². The Bertz CT molecular complexity index is 1180. The molecule has 0 bridgehead atoms. The number of phosphoric ester groups is 1. The van der Waals surface area contributed by atoms with Crippen LogP contribution in [0.5, 0.6) is 0 Å². The van der Waals surface area contributed by atoms with Crippen molar-refractivity contribution in [2.24, 2.45) is 5.73 Å². The lowest BCUT2D eigenvalue weighted by atomic mass is 10.1. The normalized spacial score (nSPS) is 14.6. The largest absolute Gasteiger partial charge is 0.480 e. The third kappa shape index (κ3) is 41.4. The highest BCUT2D eigenvalue weighted by Gasteiger charge is 2.27. The summed E-state index contributed by atoms with van der Waals surface area (Å²) in [5.74, 6) is -1.80. The highest BCUT2D eigenvalue weighted by molar-refractivity contribution is 7.47. The number of hydrogen-bond acceptors (Lipinski definition) is 8. The van der Waals surface area contributed by atoms with Crippen LogP contribution >= 0.6 is 7.82 Å². The minimum absolute atomic E-state index is 0.0000792. The number of unbranched alkanes of at least 4 members (excludes halogenated alkanes) is 15. The van der Waals surface area contributed by atoms with Crippen molar-refractivity contribution in [3.8, 4) is 0 Å². The van der Waals surface area contributed by atoms with Gasteiger partial charge in [0.1, 0.15) is 12.1 Å². The van der Waals surface area contributed by atoms with E-state index in [0.717, 1.165) is 96.3 Å². The maximum atomic E-state index is 12.6. The first-order chi connectivity index (χ1) is 27.7. The highest BCUT2D eigenvalue weighted by atomic mass is 31.2. The van der Waals surface area contributed by atoms with Crippen LogP contribution in [0.4, 0.5) is 0 Å². The second-order valence-electron chi connectivity index (χ2n) is 14.4. The summed E-state index contributed by atoms with van der Waals surface area (Å²) in [5.41, 5.74) is 5.35. The van der Waals surface area contributed by atoms with E-state index in [9.17, 15) is 19.0 Å². The Morgan fingerprint density at radius 3 is 1.53 bits per heavy atom. The Kier molecular flexibility index (Phi) is 39.7. The Labute approximate surface area is 346 Å². The zero-order valence-corrected chi connectivity index (χ0v) is 36.6. The van der Waals surface area contributed by atoms with Gasteiger partial charge in [0.25, 0.3) is 0 Å². The number of ether oxygens (including phenoxy) is 2. The number of carbonyl (C=O) groups is 2. The average molecular weight is 822 g/mol. The maximum absolute atomic E-state index is 12.6. The van der Waals surface area contributed by atoms with Crippen molar-refractivity contribution in [3.63, 3.8) is 0 Å². The second-order valence-corrected chi connectivity index (χ2v) is 15.9. The molecule has 328 valence electrons. The van der Waals surface area contributed by atoms with Gasteiger partial charge < -0.3 is 25.2 Å². The molecule has 0 saturated heterocycles. The zero-order chi connectivity index (χ0) is 41.9. The van der Waals surface area contributed by atoms with E-state index in [1.165, 1.54) is 44.9 Å². The number of esters is 1. The minimum atomic E-state index is -4.63. The summed E-state index contributed by atoms with van der Waals surface area (Å²) >= 11 is 0. The van der Waals surface area contributed by atoms with Gasteiger partial charge in [-0.25, -0.2) is 4.57 Å². The third-order valence-electron chi connectivity index (χ3n) is 8.97. The molecule has 3 atom stereocenters. The number of aliphatic carboxylic acids is 1. The molecule has 11 heteroatoms. The molecule has 0 aliphatic carbocycles. The first-order valence-electron chi connectivity index (χ1n) is 22.0. The summed E-state index contributed by atoms with van der Waals surface area (Å²) in [6, 6.07) is -1.48. The molecular weight excluding hydrogens is 741 g/mol. The van der Waals surface area contributed by atoms with Crippen molar-refractivity contribution < 1.29 is 42.7 Å². The SMILES string of the molecule is CC/C=C\C/C=C\C/C=C\C/C=C\CCCCCCCCC(=O)OC(COCCCCCCCC/C=C\C/C=C\CCCCC)COP(=O)(O)OCC(N)C(=O)O. The summed E-state index contributed by atoms with van der Waals surface area (Å²) in [6.45, 7) is 3.69. The number of hydrogen-bond donors (Lipinski definition) is 3. The molecule has 10 nitrogen and oxygen atoms in total. The van der Waals surface area contributed by atoms with Crippen LogP contribution in [0.1, 0.15) is 168 Å². The first kappa shape index (κ1) is 54.4. The molecule has 0 spiro atoms.